The molecule has 1 aliphatic rings. The predicted molar refractivity (Wildman–Crippen MR) is 99.6 cm³/mol. The lowest BCUT2D eigenvalue weighted by molar-refractivity contribution is -0.183. The highest BCUT2D eigenvalue weighted by molar-refractivity contribution is 7.90. The number of halogens is 3. The molecule has 2 atom stereocenters. The molecule has 1 aliphatic carbocycles. The van der Waals surface area contributed by atoms with E-state index in [1.54, 1.807) is 31.3 Å². The molecule has 1 fully saturated rings. The number of alkyl halides is 3. The Morgan fingerprint density at radius 2 is 1.89 bits per heavy atom. The van der Waals surface area contributed by atoms with E-state index in [4.69, 9.17) is 0 Å². The van der Waals surface area contributed by atoms with Gasteiger partial charge in [-0.1, -0.05) is 18.6 Å². The Hall–Kier alpha value is -1.77. The molecule has 0 radical (unpaired) electrons. The molecule has 0 bridgehead atoms. The van der Waals surface area contributed by atoms with Crippen LogP contribution in [0.3, 0.4) is 0 Å². The average Bonchev–Trinajstić information content (AvgIpc) is 2.60. The molecule has 2 N–H and O–H groups in total. The zero-order chi connectivity index (χ0) is 20.1. The summed E-state index contributed by atoms with van der Waals surface area (Å²) in [6, 6.07) is 6.39. The van der Waals surface area contributed by atoms with Gasteiger partial charge in [0.1, 0.15) is 0 Å². The largest absolute Gasteiger partial charge is 0.391 e. The second-order valence-electron chi connectivity index (χ2n) is 6.91. The number of nitrogens with zero attached hydrogens (tertiary/aromatic N) is 1. The van der Waals surface area contributed by atoms with Crippen LogP contribution in [0.5, 0.6) is 0 Å². The Kier molecular flexibility index (Phi) is 7.13. The minimum atomic E-state index is -4.14. The number of benzene rings is 1. The number of aliphatic imine (C=N–C) groups is 1. The number of hydrogen-bond donors (Lipinski definition) is 2. The smallest absolute Gasteiger partial charge is 0.356 e. The molecular weight excluding hydrogens is 379 g/mol. The summed E-state index contributed by atoms with van der Waals surface area (Å²) in [5.41, 5.74) is 0.958. The fourth-order valence-corrected chi connectivity index (χ4v) is 3.87. The van der Waals surface area contributed by atoms with Crippen molar-refractivity contribution in [1.29, 1.82) is 0 Å². The minimum absolute atomic E-state index is 0.0666. The Morgan fingerprint density at radius 1 is 1.22 bits per heavy atom. The third kappa shape index (κ3) is 6.71. The third-order valence-corrected chi connectivity index (χ3v) is 5.89. The standard InChI is InChI=1S/C18H26F3N3O2S/c1-22-17(24-15-5-3-4-14(12-15)18(19,20)21)23-11-10-13-6-8-16(9-7-13)27(2,25)26/h6-9,14-15H,3-5,10-12H2,1-2H3,(H2,22,23,24). The molecular formula is C18H26F3N3O2S. The SMILES string of the molecule is CN=C(NCCc1ccc(S(C)(=O)=O)cc1)NC1CCCC(C(F)(F)F)C1. The number of nitrogens with one attached hydrogen (secondary N) is 2. The van der Waals surface area contributed by atoms with Gasteiger partial charge in [-0.05, 0) is 43.4 Å². The molecule has 1 aromatic carbocycles. The quantitative estimate of drug-likeness (QED) is 0.584. The van der Waals surface area contributed by atoms with E-state index >= 15 is 0 Å². The van der Waals surface area contributed by atoms with Crippen molar-refractivity contribution in [3.63, 3.8) is 0 Å². The van der Waals surface area contributed by atoms with Crippen LogP contribution in [-0.2, 0) is 16.3 Å². The Labute approximate surface area is 158 Å². The Morgan fingerprint density at radius 3 is 2.44 bits per heavy atom. The highest BCUT2D eigenvalue weighted by Gasteiger charge is 2.42. The van der Waals surface area contributed by atoms with Gasteiger partial charge in [0, 0.05) is 25.9 Å². The van der Waals surface area contributed by atoms with E-state index in [9.17, 15) is 21.6 Å². The fourth-order valence-electron chi connectivity index (χ4n) is 3.23. The van der Waals surface area contributed by atoms with Gasteiger partial charge in [-0.2, -0.15) is 13.2 Å². The molecule has 0 aliphatic heterocycles. The van der Waals surface area contributed by atoms with Gasteiger partial charge in [0.25, 0.3) is 0 Å². The summed E-state index contributed by atoms with van der Waals surface area (Å²) in [6.45, 7) is 0.535. The first-order valence-electron chi connectivity index (χ1n) is 8.92. The number of hydrogen-bond acceptors (Lipinski definition) is 3. The first-order chi connectivity index (χ1) is 12.6. The van der Waals surface area contributed by atoms with E-state index in [0.717, 1.165) is 11.8 Å². The monoisotopic (exact) mass is 405 g/mol. The summed E-state index contributed by atoms with van der Waals surface area (Å²) in [6.07, 6.45) is -0.843. The second-order valence-corrected chi connectivity index (χ2v) is 8.93. The Bertz CT molecular complexity index is 746. The number of guanidine groups is 1. The van der Waals surface area contributed by atoms with Gasteiger partial charge in [0.05, 0.1) is 10.8 Å². The normalized spacial score (nSPS) is 21.7. The van der Waals surface area contributed by atoms with Crippen molar-refractivity contribution in [3.05, 3.63) is 29.8 Å². The van der Waals surface area contributed by atoms with Crippen LogP contribution < -0.4 is 10.6 Å². The van der Waals surface area contributed by atoms with E-state index in [1.165, 1.54) is 0 Å². The zero-order valence-electron chi connectivity index (χ0n) is 15.5. The van der Waals surface area contributed by atoms with Crippen LogP contribution in [0, 0.1) is 5.92 Å². The summed E-state index contributed by atoms with van der Waals surface area (Å²) in [4.78, 5) is 4.35. The molecule has 27 heavy (non-hydrogen) atoms. The molecule has 1 aromatic rings. The van der Waals surface area contributed by atoms with Crippen LogP contribution in [0.15, 0.2) is 34.2 Å². The van der Waals surface area contributed by atoms with Gasteiger partial charge in [-0.15, -0.1) is 0 Å². The van der Waals surface area contributed by atoms with Gasteiger partial charge in [-0.3, -0.25) is 4.99 Å². The molecule has 152 valence electrons. The average molecular weight is 405 g/mol. The summed E-state index contributed by atoms with van der Waals surface area (Å²) in [5, 5.41) is 6.19. The highest BCUT2D eigenvalue weighted by Crippen LogP contribution is 2.37. The first-order valence-corrected chi connectivity index (χ1v) is 10.8. The molecule has 1 saturated carbocycles. The minimum Gasteiger partial charge on any atom is -0.356 e. The van der Waals surface area contributed by atoms with E-state index < -0.39 is 21.9 Å². The van der Waals surface area contributed by atoms with Crippen molar-refractivity contribution in [3.8, 4) is 0 Å². The molecule has 0 amide bonds. The van der Waals surface area contributed by atoms with Gasteiger partial charge in [0.15, 0.2) is 15.8 Å². The van der Waals surface area contributed by atoms with E-state index in [0.29, 0.717) is 31.8 Å². The second kappa shape index (κ2) is 8.95. The lowest BCUT2D eigenvalue weighted by Crippen LogP contribution is -2.47. The number of sulfone groups is 1. The van der Waals surface area contributed by atoms with Crippen LogP contribution in [0.2, 0.25) is 0 Å². The van der Waals surface area contributed by atoms with Gasteiger partial charge in [0.2, 0.25) is 0 Å². The van der Waals surface area contributed by atoms with Crippen molar-refractivity contribution < 1.29 is 21.6 Å². The summed E-state index contributed by atoms with van der Waals surface area (Å²) < 4.78 is 61.7. The predicted octanol–water partition coefficient (Wildman–Crippen LogP) is 2.92. The van der Waals surface area contributed by atoms with Crippen LogP contribution in [-0.4, -0.2) is 46.4 Å². The molecule has 0 heterocycles. The molecule has 2 rings (SSSR count). The van der Waals surface area contributed by atoms with Crippen LogP contribution >= 0.6 is 0 Å². The summed E-state index contributed by atoms with van der Waals surface area (Å²) in [7, 11) is -1.63. The van der Waals surface area contributed by atoms with E-state index in [2.05, 4.69) is 15.6 Å². The van der Waals surface area contributed by atoms with Crippen molar-refractivity contribution in [2.24, 2.45) is 10.9 Å². The van der Waals surface area contributed by atoms with Crippen molar-refractivity contribution in [1.82, 2.24) is 10.6 Å². The highest BCUT2D eigenvalue weighted by atomic mass is 32.2. The summed E-state index contributed by atoms with van der Waals surface area (Å²) in [5.74, 6) is -0.772. The summed E-state index contributed by atoms with van der Waals surface area (Å²) >= 11 is 0. The van der Waals surface area contributed by atoms with Crippen LogP contribution in [0.25, 0.3) is 0 Å². The molecule has 0 aromatic heterocycles. The van der Waals surface area contributed by atoms with Crippen LogP contribution in [0.4, 0.5) is 13.2 Å². The van der Waals surface area contributed by atoms with Crippen LogP contribution in [0.1, 0.15) is 31.2 Å². The van der Waals surface area contributed by atoms with Gasteiger partial charge in [-0.25, -0.2) is 8.42 Å². The maximum atomic E-state index is 12.9. The maximum Gasteiger partial charge on any atom is 0.391 e. The fraction of sp³-hybridized carbons (Fsp3) is 0.611. The molecule has 0 spiro atoms. The van der Waals surface area contributed by atoms with E-state index in [-0.39, 0.29) is 23.8 Å². The zero-order valence-corrected chi connectivity index (χ0v) is 16.3. The molecule has 9 heteroatoms. The molecule has 5 nitrogen and oxygen atoms in total. The Balaban J connectivity index is 1.82. The van der Waals surface area contributed by atoms with Crippen molar-refractivity contribution >= 4 is 15.8 Å². The van der Waals surface area contributed by atoms with E-state index in [1.807, 2.05) is 0 Å². The van der Waals surface area contributed by atoms with Gasteiger partial charge < -0.3 is 10.6 Å². The topological polar surface area (TPSA) is 70.6 Å². The molecule has 0 saturated heterocycles. The first kappa shape index (κ1) is 21.5. The van der Waals surface area contributed by atoms with Crippen molar-refractivity contribution in [2.45, 2.75) is 49.2 Å². The molecule has 2 unspecified atom stereocenters. The lowest BCUT2D eigenvalue weighted by Gasteiger charge is -2.31. The number of rotatable bonds is 5. The van der Waals surface area contributed by atoms with Gasteiger partial charge >= 0.3 is 6.18 Å². The maximum absolute atomic E-state index is 12.9. The third-order valence-electron chi connectivity index (χ3n) is 4.76. The van der Waals surface area contributed by atoms with Crippen molar-refractivity contribution in [2.75, 3.05) is 19.8 Å². The lowest BCUT2D eigenvalue weighted by atomic mass is 9.85.